The van der Waals surface area contributed by atoms with Crippen LogP contribution >= 0.6 is 11.8 Å². The summed E-state index contributed by atoms with van der Waals surface area (Å²) in [6.45, 7) is 4.04. The number of rotatable bonds is 7. The number of aromatic hydroxyl groups is 1. The first-order valence-electron chi connectivity index (χ1n) is 13.5. The number of aliphatic hydroxyl groups is 1. The third kappa shape index (κ3) is 5.29. The largest absolute Gasteiger partial charge is 1.00 e. The normalized spacial score (nSPS) is 27.4. The number of aromatic nitrogens is 2. The maximum atomic E-state index is 12.1. The Morgan fingerprint density at radius 3 is 2.46 bits per heavy atom. The lowest BCUT2D eigenvalue weighted by molar-refractivity contribution is -0.955. The summed E-state index contributed by atoms with van der Waals surface area (Å²) in [5, 5.41) is 27.0. The fourth-order valence-corrected chi connectivity index (χ4v) is 8.38. The Balaban J connectivity index is 0.00000280. The van der Waals surface area contributed by atoms with Crippen LogP contribution in [-0.4, -0.2) is 49.7 Å². The smallest absolute Gasteiger partial charge is 0.282 e. The highest BCUT2D eigenvalue weighted by molar-refractivity contribution is 8.00. The predicted molar refractivity (Wildman–Crippen MR) is 139 cm³/mol. The zero-order chi connectivity index (χ0) is 24.6. The van der Waals surface area contributed by atoms with Gasteiger partial charge in [-0.3, -0.25) is 0 Å². The quantitative estimate of drug-likeness (QED) is 0.447. The Hall–Kier alpha value is -2.06. The first-order chi connectivity index (χ1) is 17.5. The molecule has 2 bridgehead atoms. The van der Waals surface area contributed by atoms with Gasteiger partial charge in [-0.05, 0) is 48.4 Å². The molecule has 4 aliphatic rings. The standard InChI is InChI=1S/C29H35N3O3S.ClH/c33-24-12-7-13-25(18-24)36-26-19-32(16-14-21(26)15-17-32)20-27-30-28(31-35-27)29(34,22-8-3-1-4-9-22)23-10-5-2-6-11-23;/h1,3-4,7-9,12-13,18,21,23,26,34H,2,5-6,10-11,14-17,19-20H2;1H/t21?,26-,29-,32?;/m0./s1. The van der Waals surface area contributed by atoms with Crippen molar-refractivity contribution in [2.45, 2.75) is 67.2 Å². The summed E-state index contributed by atoms with van der Waals surface area (Å²) in [6, 6.07) is 17.5. The molecule has 1 saturated carbocycles. The number of thioether (sulfide) groups is 1. The van der Waals surface area contributed by atoms with E-state index in [9.17, 15) is 10.2 Å². The number of hydrogen-bond donors (Lipinski definition) is 2. The van der Waals surface area contributed by atoms with E-state index in [4.69, 9.17) is 9.51 Å². The van der Waals surface area contributed by atoms with Gasteiger partial charge in [0, 0.05) is 17.7 Å². The number of quaternary nitrogens is 1. The first-order valence-corrected chi connectivity index (χ1v) is 14.3. The van der Waals surface area contributed by atoms with Gasteiger partial charge in [0.15, 0.2) is 12.1 Å². The maximum absolute atomic E-state index is 12.1. The summed E-state index contributed by atoms with van der Waals surface area (Å²) < 4.78 is 6.82. The Morgan fingerprint density at radius 1 is 0.973 bits per heavy atom. The molecule has 37 heavy (non-hydrogen) atoms. The van der Waals surface area contributed by atoms with E-state index in [0.717, 1.165) is 60.3 Å². The number of fused-ring (bicyclic) bond motifs is 3. The summed E-state index contributed by atoms with van der Waals surface area (Å²) in [6.07, 6.45) is 7.84. The molecule has 2 atom stereocenters. The molecule has 7 rings (SSSR count). The molecule has 2 aromatic carbocycles. The van der Waals surface area contributed by atoms with E-state index >= 15 is 0 Å². The molecule has 3 saturated heterocycles. The van der Waals surface area contributed by atoms with Crippen molar-refractivity contribution in [1.82, 2.24) is 10.1 Å². The van der Waals surface area contributed by atoms with Crippen molar-refractivity contribution in [1.29, 1.82) is 0 Å². The molecular weight excluding hydrogens is 506 g/mol. The van der Waals surface area contributed by atoms with E-state index in [2.05, 4.69) is 11.2 Å². The fourth-order valence-electron chi connectivity index (χ4n) is 6.83. The molecule has 6 nitrogen and oxygen atoms in total. The minimum absolute atomic E-state index is 0. The third-order valence-electron chi connectivity index (χ3n) is 8.84. The zero-order valence-electron chi connectivity index (χ0n) is 21.1. The molecule has 0 unspecified atom stereocenters. The number of phenols is 1. The molecule has 1 aromatic heterocycles. The van der Waals surface area contributed by atoms with Crippen molar-refractivity contribution in [3.05, 3.63) is 71.9 Å². The van der Waals surface area contributed by atoms with E-state index in [1.165, 1.54) is 19.3 Å². The second kappa shape index (κ2) is 11.0. The van der Waals surface area contributed by atoms with Crippen LogP contribution < -0.4 is 12.4 Å². The lowest BCUT2D eigenvalue weighted by atomic mass is 9.73. The van der Waals surface area contributed by atoms with Crippen LogP contribution in [0.4, 0.5) is 0 Å². The van der Waals surface area contributed by atoms with Gasteiger partial charge in [-0.2, -0.15) is 4.98 Å². The van der Waals surface area contributed by atoms with Crippen LogP contribution in [0.2, 0.25) is 0 Å². The average molecular weight is 542 g/mol. The minimum Gasteiger partial charge on any atom is -1.00 e. The van der Waals surface area contributed by atoms with E-state index in [0.29, 0.717) is 35.2 Å². The average Bonchev–Trinajstić information content (AvgIpc) is 3.38. The van der Waals surface area contributed by atoms with Gasteiger partial charge in [-0.15, -0.1) is 11.8 Å². The van der Waals surface area contributed by atoms with Crippen LogP contribution in [-0.2, 0) is 12.1 Å². The van der Waals surface area contributed by atoms with Crippen molar-refractivity contribution >= 4 is 11.8 Å². The Labute approximate surface area is 229 Å². The van der Waals surface area contributed by atoms with E-state index < -0.39 is 5.60 Å². The number of halogens is 1. The van der Waals surface area contributed by atoms with Gasteiger partial charge in [0.25, 0.3) is 5.89 Å². The Bertz CT molecular complexity index is 1180. The molecule has 2 N–H and O–H groups in total. The molecular formula is C29H36ClN3O3S. The fraction of sp³-hybridized carbons (Fsp3) is 0.517. The molecule has 4 heterocycles. The molecule has 4 fully saturated rings. The van der Waals surface area contributed by atoms with Gasteiger partial charge in [-0.1, -0.05) is 60.8 Å². The number of piperidine rings is 3. The Kier molecular flexibility index (Phi) is 7.87. The molecule has 3 aliphatic heterocycles. The summed E-state index contributed by atoms with van der Waals surface area (Å²) in [5.41, 5.74) is -0.357. The van der Waals surface area contributed by atoms with Crippen LogP contribution in [0.3, 0.4) is 0 Å². The Morgan fingerprint density at radius 2 is 1.73 bits per heavy atom. The summed E-state index contributed by atoms with van der Waals surface area (Å²) in [5.74, 6) is 2.19. The number of nitrogens with zero attached hydrogens (tertiary/aromatic N) is 3. The molecule has 8 heteroatoms. The SMILES string of the molecule is Oc1cccc(S[C@H]2C[N+]3(Cc4nc([C@](O)(c5ccccc5)C5CCCCC5)no4)CCC2CC3)c1.[Cl-]. The van der Waals surface area contributed by atoms with E-state index in [-0.39, 0.29) is 18.3 Å². The maximum Gasteiger partial charge on any atom is 0.282 e. The zero-order valence-corrected chi connectivity index (χ0v) is 22.7. The molecule has 0 spiro atoms. The van der Waals surface area contributed by atoms with Crippen LogP contribution in [0.5, 0.6) is 5.75 Å². The van der Waals surface area contributed by atoms with E-state index in [1.54, 1.807) is 6.07 Å². The first kappa shape index (κ1) is 26.5. The van der Waals surface area contributed by atoms with Crippen molar-refractivity contribution in [2.75, 3.05) is 19.6 Å². The topological polar surface area (TPSA) is 79.4 Å². The summed E-state index contributed by atoms with van der Waals surface area (Å²) >= 11 is 1.89. The summed E-state index contributed by atoms with van der Waals surface area (Å²) in [4.78, 5) is 6.01. The highest BCUT2D eigenvalue weighted by Crippen LogP contribution is 2.45. The van der Waals surface area contributed by atoms with Crippen LogP contribution in [0, 0.1) is 11.8 Å². The summed E-state index contributed by atoms with van der Waals surface area (Å²) in [7, 11) is 0. The van der Waals surface area contributed by atoms with Gasteiger partial charge in [0.1, 0.15) is 5.75 Å². The molecule has 3 aromatic rings. The van der Waals surface area contributed by atoms with Crippen LogP contribution in [0.15, 0.2) is 64.0 Å². The van der Waals surface area contributed by atoms with Crippen molar-refractivity contribution in [2.24, 2.45) is 11.8 Å². The monoisotopic (exact) mass is 541 g/mol. The third-order valence-corrected chi connectivity index (χ3v) is 10.2. The number of hydrogen-bond acceptors (Lipinski definition) is 6. The number of benzene rings is 2. The molecule has 0 radical (unpaired) electrons. The van der Waals surface area contributed by atoms with Gasteiger partial charge in [-0.25, -0.2) is 0 Å². The van der Waals surface area contributed by atoms with Crippen LogP contribution in [0.25, 0.3) is 0 Å². The van der Waals surface area contributed by atoms with Crippen molar-refractivity contribution < 1.29 is 31.6 Å². The van der Waals surface area contributed by atoms with Gasteiger partial charge in [0.05, 0.1) is 24.9 Å². The molecule has 0 amide bonds. The highest BCUT2D eigenvalue weighted by atomic mass is 35.5. The van der Waals surface area contributed by atoms with Gasteiger partial charge < -0.3 is 31.6 Å². The molecule has 1 aliphatic carbocycles. The lowest BCUT2D eigenvalue weighted by Crippen LogP contribution is -3.00. The van der Waals surface area contributed by atoms with Crippen LogP contribution in [0.1, 0.15) is 62.2 Å². The van der Waals surface area contributed by atoms with Gasteiger partial charge in [0.2, 0.25) is 5.82 Å². The second-order valence-electron chi connectivity index (χ2n) is 11.1. The number of phenolic OH excluding ortho intramolecular Hbond substituents is 1. The minimum atomic E-state index is -1.22. The van der Waals surface area contributed by atoms with Gasteiger partial charge >= 0.3 is 0 Å². The van der Waals surface area contributed by atoms with Crippen molar-refractivity contribution in [3.63, 3.8) is 0 Å². The predicted octanol–water partition coefficient (Wildman–Crippen LogP) is 2.50. The molecule has 198 valence electrons. The highest BCUT2D eigenvalue weighted by Gasteiger charge is 2.48. The van der Waals surface area contributed by atoms with Crippen molar-refractivity contribution in [3.8, 4) is 5.75 Å². The lowest BCUT2D eigenvalue weighted by Gasteiger charge is -2.51. The van der Waals surface area contributed by atoms with E-state index in [1.807, 2.05) is 54.2 Å². The second-order valence-corrected chi connectivity index (χ2v) is 12.4.